The number of rotatable bonds is 3. The van der Waals surface area contributed by atoms with Gasteiger partial charge in [-0.3, -0.25) is 4.72 Å². The largest absolute Gasteiger partial charge is 0.399 e. The van der Waals surface area contributed by atoms with Crippen molar-refractivity contribution in [2.75, 3.05) is 10.5 Å². The SMILES string of the molecule is Cc1cccc(Cl)c1NS(=O)(=O)c1cc(N)cc(F)c1F. The fraction of sp³-hybridized carbons (Fsp3) is 0.0769. The Morgan fingerprint density at radius 3 is 2.52 bits per heavy atom. The first kappa shape index (κ1) is 15.5. The van der Waals surface area contributed by atoms with Gasteiger partial charge in [0.1, 0.15) is 4.90 Å². The van der Waals surface area contributed by atoms with E-state index in [1.165, 1.54) is 6.07 Å². The quantitative estimate of drug-likeness (QED) is 0.847. The van der Waals surface area contributed by atoms with Crippen molar-refractivity contribution in [1.82, 2.24) is 0 Å². The number of nitrogens with one attached hydrogen (secondary N) is 1. The molecule has 3 N–H and O–H groups in total. The minimum atomic E-state index is -4.36. The van der Waals surface area contributed by atoms with E-state index in [1.807, 2.05) is 0 Å². The topological polar surface area (TPSA) is 72.2 Å². The van der Waals surface area contributed by atoms with Crippen molar-refractivity contribution in [3.63, 3.8) is 0 Å². The molecule has 8 heteroatoms. The number of nitrogen functional groups attached to an aromatic ring is 1. The van der Waals surface area contributed by atoms with Gasteiger partial charge in [0.15, 0.2) is 11.6 Å². The zero-order valence-corrected chi connectivity index (χ0v) is 12.4. The smallest absolute Gasteiger partial charge is 0.265 e. The number of benzene rings is 2. The highest BCUT2D eigenvalue weighted by Crippen LogP contribution is 2.29. The van der Waals surface area contributed by atoms with Crippen LogP contribution in [0.15, 0.2) is 35.2 Å². The molecule has 0 bridgehead atoms. The summed E-state index contributed by atoms with van der Waals surface area (Å²) in [6, 6.07) is 6.28. The monoisotopic (exact) mass is 332 g/mol. The standard InChI is InChI=1S/C13H11ClF2N2O2S/c1-7-3-2-4-9(14)13(7)18-21(19,20)11-6-8(17)5-10(15)12(11)16/h2-6,18H,17H2,1H3. The van der Waals surface area contributed by atoms with Gasteiger partial charge in [-0.05, 0) is 30.7 Å². The third-order valence-corrected chi connectivity index (χ3v) is 4.43. The molecule has 0 saturated carbocycles. The average Bonchev–Trinajstić information content (AvgIpc) is 2.38. The minimum Gasteiger partial charge on any atom is -0.399 e. The van der Waals surface area contributed by atoms with Crippen LogP contribution in [0.2, 0.25) is 5.02 Å². The highest BCUT2D eigenvalue weighted by atomic mass is 35.5. The number of sulfonamides is 1. The van der Waals surface area contributed by atoms with Gasteiger partial charge in [0.05, 0.1) is 10.7 Å². The van der Waals surface area contributed by atoms with E-state index in [-0.39, 0.29) is 16.4 Å². The summed E-state index contributed by atoms with van der Waals surface area (Å²) in [6.07, 6.45) is 0. The van der Waals surface area contributed by atoms with E-state index < -0.39 is 26.6 Å². The van der Waals surface area contributed by atoms with Crippen LogP contribution in [0.3, 0.4) is 0 Å². The normalized spacial score (nSPS) is 11.4. The molecule has 0 amide bonds. The Hall–Kier alpha value is -1.86. The third kappa shape index (κ3) is 3.08. The van der Waals surface area contributed by atoms with Crippen LogP contribution in [0.4, 0.5) is 20.2 Å². The molecule has 0 heterocycles. The molecule has 0 radical (unpaired) electrons. The first-order chi connectivity index (χ1) is 9.72. The zero-order valence-electron chi connectivity index (χ0n) is 10.8. The number of halogens is 3. The number of aryl methyl sites for hydroxylation is 1. The number of hydrogen-bond donors (Lipinski definition) is 2. The Labute approximate surface area is 125 Å². The first-order valence-corrected chi connectivity index (χ1v) is 7.61. The van der Waals surface area contributed by atoms with E-state index in [4.69, 9.17) is 17.3 Å². The molecule has 0 aliphatic carbocycles. The molecule has 0 saturated heterocycles. The van der Waals surface area contributed by atoms with E-state index in [9.17, 15) is 17.2 Å². The molecule has 0 aromatic heterocycles. The van der Waals surface area contributed by atoms with Gasteiger partial charge in [-0.15, -0.1) is 0 Å². The second-order valence-corrected chi connectivity index (χ2v) is 6.41. The summed E-state index contributed by atoms with van der Waals surface area (Å²) in [5.41, 5.74) is 5.79. The number of anilines is 2. The van der Waals surface area contributed by atoms with Gasteiger partial charge >= 0.3 is 0 Å². The maximum absolute atomic E-state index is 13.7. The van der Waals surface area contributed by atoms with Gasteiger partial charge in [0.2, 0.25) is 0 Å². The first-order valence-electron chi connectivity index (χ1n) is 5.75. The molecule has 0 aliphatic heterocycles. The molecule has 0 spiro atoms. The van der Waals surface area contributed by atoms with Crippen molar-refractivity contribution in [2.45, 2.75) is 11.8 Å². The fourth-order valence-corrected chi connectivity index (χ4v) is 3.33. The molecule has 112 valence electrons. The van der Waals surface area contributed by atoms with E-state index in [2.05, 4.69) is 4.72 Å². The van der Waals surface area contributed by atoms with Crippen molar-refractivity contribution in [3.8, 4) is 0 Å². The lowest BCUT2D eigenvalue weighted by molar-refractivity contribution is 0.486. The van der Waals surface area contributed by atoms with Gasteiger partial charge in [-0.2, -0.15) is 0 Å². The van der Waals surface area contributed by atoms with E-state index in [1.54, 1.807) is 19.1 Å². The van der Waals surface area contributed by atoms with Crippen LogP contribution in [0, 0.1) is 18.6 Å². The van der Waals surface area contributed by atoms with Crippen molar-refractivity contribution >= 4 is 33.0 Å². The summed E-state index contributed by atoms with van der Waals surface area (Å²) in [5.74, 6) is -2.84. The van der Waals surface area contributed by atoms with E-state index in [0.29, 0.717) is 11.6 Å². The van der Waals surface area contributed by atoms with Gasteiger partial charge < -0.3 is 5.73 Å². The number of nitrogens with two attached hydrogens (primary N) is 1. The second kappa shape index (κ2) is 5.50. The Morgan fingerprint density at radius 2 is 1.90 bits per heavy atom. The molecule has 2 aromatic carbocycles. The molecule has 21 heavy (non-hydrogen) atoms. The lowest BCUT2D eigenvalue weighted by Gasteiger charge is -2.13. The summed E-state index contributed by atoms with van der Waals surface area (Å²) in [4.78, 5) is -0.876. The van der Waals surface area contributed by atoms with E-state index in [0.717, 1.165) is 6.07 Å². The second-order valence-electron chi connectivity index (χ2n) is 4.35. The summed E-state index contributed by atoms with van der Waals surface area (Å²) in [5, 5.41) is 0.142. The third-order valence-electron chi connectivity index (χ3n) is 2.77. The molecule has 0 aliphatic rings. The van der Waals surface area contributed by atoms with Gasteiger partial charge in [0, 0.05) is 5.69 Å². The number of hydrogen-bond acceptors (Lipinski definition) is 3. The molecular weight excluding hydrogens is 322 g/mol. The van der Waals surface area contributed by atoms with Crippen LogP contribution in [0.5, 0.6) is 0 Å². The van der Waals surface area contributed by atoms with Crippen LogP contribution in [-0.2, 0) is 10.0 Å². The van der Waals surface area contributed by atoms with Crippen LogP contribution in [-0.4, -0.2) is 8.42 Å². The minimum absolute atomic E-state index is 0.0985. The molecule has 4 nitrogen and oxygen atoms in total. The number of para-hydroxylation sites is 1. The molecule has 2 aromatic rings. The van der Waals surface area contributed by atoms with Crippen molar-refractivity contribution in [1.29, 1.82) is 0 Å². The molecule has 2 rings (SSSR count). The van der Waals surface area contributed by atoms with E-state index >= 15 is 0 Å². The molecular formula is C13H11ClF2N2O2S. The summed E-state index contributed by atoms with van der Waals surface area (Å²) in [6.45, 7) is 1.63. The van der Waals surface area contributed by atoms with Gasteiger partial charge in [0.25, 0.3) is 10.0 Å². The zero-order chi connectivity index (χ0) is 15.8. The summed E-state index contributed by atoms with van der Waals surface area (Å²) < 4.78 is 53.5. The Bertz CT molecular complexity index is 790. The highest BCUT2D eigenvalue weighted by molar-refractivity contribution is 7.92. The van der Waals surface area contributed by atoms with Gasteiger partial charge in [-0.25, -0.2) is 17.2 Å². The van der Waals surface area contributed by atoms with Crippen LogP contribution in [0.1, 0.15) is 5.56 Å². The van der Waals surface area contributed by atoms with Crippen molar-refractivity contribution in [2.24, 2.45) is 0 Å². The van der Waals surface area contributed by atoms with Crippen LogP contribution < -0.4 is 10.5 Å². The lowest BCUT2D eigenvalue weighted by atomic mass is 10.2. The Kier molecular flexibility index (Phi) is 4.06. The molecule has 0 atom stereocenters. The van der Waals surface area contributed by atoms with Gasteiger partial charge in [-0.1, -0.05) is 23.7 Å². The van der Waals surface area contributed by atoms with Crippen LogP contribution >= 0.6 is 11.6 Å². The predicted molar refractivity (Wildman–Crippen MR) is 77.8 cm³/mol. The predicted octanol–water partition coefficient (Wildman–Crippen LogP) is 3.31. The summed E-state index contributed by atoms with van der Waals surface area (Å²) >= 11 is 5.91. The van der Waals surface area contributed by atoms with Crippen molar-refractivity contribution in [3.05, 3.63) is 52.6 Å². The van der Waals surface area contributed by atoms with Crippen LogP contribution in [0.25, 0.3) is 0 Å². The fourth-order valence-electron chi connectivity index (χ4n) is 1.73. The average molecular weight is 333 g/mol. The Balaban J connectivity index is 2.54. The summed E-state index contributed by atoms with van der Waals surface area (Å²) in [7, 11) is -4.36. The van der Waals surface area contributed by atoms with Crippen molar-refractivity contribution < 1.29 is 17.2 Å². The maximum atomic E-state index is 13.7. The lowest BCUT2D eigenvalue weighted by Crippen LogP contribution is -2.16. The molecule has 0 fully saturated rings. The maximum Gasteiger partial charge on any atom is 0.265 e. The Morgan fingerprint density at radius 1 is 1.24 bits per heavy atom. The highest BCUT2D eigenvalue weighted by Gasteiger charge is 2.24. The molecule has 0 unspecified atom stereocenters.